The fourth-order valence-corrected chi connectivity index (χ4v) is 4.21. The summed E-state index contributed by atoms with van der Waals surface area (Å²) in [6.07, 6.45) is 2.11. The van der Waals surface area contributed by atoms with Gasteiger partial charge in [-0.3, -0.25) is 4.79 Å². The molecule has 158 valence electrons. The number of amides is 1. The second-order valence-electron chi connectivity index (χ2n) is 7.70. The molecule has 2 aromatic rings. The Morgan fingerprint density at radius 1 is 1.17 bits per heavy atom. The highest BCUT2D eigenvalue weighted by Gasteiger charge is 2.42. The molecule has 1 fully saturated rings. The number of carbonyl (C=O) groups is 2. The van der Waals surface area contributed by atoms with E-state index in [2.05, 4.69) is 5.32 Å². The Kier molecular flexibility index (Phi) is 5.74. The van der Waals surface area contributed by atoms with E-state index >= 15 is 0 Å². The smallest absolute Gasteiger partial charge is 0.337 e. The molecular formula is C23H25NO6. The molecule has 1 saturated heterocycles. The number of methoxy groups -OCH3 is 1. The summed E-state index contributed by atoms with van der Waals surface area (Å²) in [7, 11) is 1.35. The molecule has 0 saturated carbocycles. The molecule has 2 aromatic carbocycles. The van der Waals surface area contributed by atoms with Crippen molar-refractivity contribution in [2.45, 2.75) is 30.9 Å². The van der Waals surface area contributed by atoms with Gasteiger partial charge in [-0.15, -0.1) is 0 Å². The Morgan fingerprint density at radius 3 is 2.67 bits per heavy atom. The minimum atomic E-state index is -0.566. The topological polar surface area (TPSA) is 94.1 Å². The van der Waals surface area contributed by atoms with Crippen LogP contribution >= 0.6 is 0 Å². The quantitative estimate of drug-likeness (QED) is 0.752. The molecule has 0 radical (unpaired) electrons. The molecule has 2 aliphatic heterocycles. The lowest BCUT2D eigenvalue weighted by Gasteiger charge is -2.44. The van der Waals surface area contributed by atoms with Gasteiger partial charge in [-0.2, -0.15) is 0 Å². The Hall–Kier alpha value is -2.90. The van der Waals surface area contributed by atoms with E-state index in [1.54, 1.807) is 18.2 Å². The maximum Gasteiger partial charge on any atom is 0.337 e. The number of hydrogen-bond donors (Lipinski definition) is 2. The van der Waals surface area contributed by atoms with Crippen LogP contribution in [0.25, 0.3) is 11.1 Å². The number of fused-ring (bicyclic) bond motifs is 1. The first-order valence-electron chi connectivity index (χ1n) is 10.0. The zero-order chi connectivity index (χ0) is 21.1. The lowest BCUT2D eigenvalue weighted by Crippen LogP contribution is -2.48. The van der Waals surface area contributed by atoms with Crippen LogP contribution in [0.5, 0.6) is 5.75 Å². The molecule has 7 nitrogen and oxygen atoms in total. The lowest BCUT2D eigenvalue weighted by molar-refractivity contribution is -0.125. The number of nitrogens with one attached hydrogen (secondary N) is 1. The van der Waals surface area contributed by atoms with E-state index in [9.17, 15) is 14.7 Å². The predicted molar refractivity (Wildman–Crippen MR) is 109 cm³/mol. The van der Waals surface area contributed by atoms with Gasteiger partial charge in [0.2, 0.25) is 5.91 Å². The molecular weight excluding hydrogens is 386 g/mol. The van der Waals surface area contributed by atoms with Crippen LogP contribution in [0.1, 0.15) is 41.2 Å². The molecule has 1 unspecified atom stereocenters. The van der Waals surface area contributed by atoms with Crippen molar-refractivity contribution in [1.29, 1.82) is 0 Å². The number of rotatable bonds is 4. The summed E-state index contributed by atoms with van der Waals surface area (Å²) < 4.78 is 16.7. The van der Waals surface area contributed by atoms with Gasteiger partial charge in [-0.05, 0) is 35.4 Å². The van der Waals surface area contributed by atoms with Crippen LogP contribution in [0.15, 0.2) is 42.5 Å². The molecule has 0 aliphatic carbocycles. The number of aliphatic hydroxyl groups is 1. The van der Waals surface area contributed by atoms with Crippen molar-refractivity contribution in [2.75, 3.05) is 26.9 Å². The second-order valence-corrected chi connectivity index (χ2v) is 7.70. The van der Waals surface area contributed by atoms with Gasteiger partial charge in [0.25, 0.3) is 0 Å². The number of benzene rings is 2. The predicted octanol–water partition coefficient (Wildman–Crippen LogP) is 2.62. The maximum absolute atomic E-state index is 12.0. The van der Waals surface area contributed by atoms with Crippen LogP contribution in [-0.2, 0) is 14.3 Å². The highest BCUT2D eigenvalue weighted by Crippen LogP contribution is 2.45. The Bertz CT molecular complexity index is 950. The zero-order valence-corrected chi connectivity index (χ0v) is 16.8. The summed E-state index contributed by atoms with van der Waals surface area (Å²) in [4.78, 5) is 23.9. The van der Waals surface area contributed by atoms with Gasteiger partial charge in [0.1, 0.15) is 18.0 Å². The number of ether oxygens (including phenoxy) is 3. The van der Waals surface area contributed by atoms with E-state index in [4.69, 9.17) is 14.2 Å². The molecule has 1 spiro atoms. The Balaban J connectivity index is 1.71. The first kappa shape index (κ1) is 20.4. The van der Waals surface area contributed by atoms with Crippen molar-refractivity contribution in [3.05, 3.63) is 53.6 Å². The minimum absolute atomic E-state index is 0.282. The standard InChI is InChI=1S/C23H25NO6/c1-28-22(27)17-4-2-3-15(11-17)16-5-6-20-18(12-16)19(24-21(26)14-25)13-23(30-20)7-9-29-10-8-23/h2-6,11-12,19,25H,7-10,13-14H2,1H3,(H,24,26). The van der Waals surface area contributed by atoms with Crippen molar-refractivity contribution >= 4 is 11.9 Å². The third kappa shape index (κ3) is 4.04. The summed E-state index contributed by atoms with van der Waals surface area (Å²) in [6, 6.07) is 12.7. The van der Waals surface area contributed by atoms with Crippen molar-refractivity contribution < 1.29 is 28.9 Å². The van der Waals surface area contributed by atoms with Crippen LogP contribution in [0.4, 0.5) is 0 Å². The Morgan fingerprint density at radius 2 is 1.93 bits per heavy atom. The molecule has 2 heterocycles. The average Bonchev–Trinajstić information content (AvgIpc) is 2.78. The first-order chi connectivity index (χ1) is 14.5. The monoisotopic (exact) mass is 411 g/mol. The number of esters is 1. The van der Waals surface area contributed by atoms with Gasteiger partial charge < -0.3 is 24.6 Å². The molecule has 0 aromatic heterocycles. The van der Waals surface area contributed by atoms with Crippen LogP contribution < -0.4 is 10.1 Å². The summed E-state index contributed by atoms with van der Waals surface area (Å²) in [5.41, 5.74) is 2.70. The number of carbonyl (C=O) groups excluding carboxylic acids is 2. The second kappa shape index (κ2) is 8.45. The van der Waals surface area contributed by atoms with Gasteiger partial charge in [-0.25, -0.2) is 4.79 Å². The fourth-order valence-electron chi connectivity index (χ4n) is 4.21. The van der Waals surface area contributed by atoms with Gasteiger partial charge >= 0.3 is 5.97 Å². The van der Waals surface area contributed by atoms with Crippen LogP contribution in [0.3, 0.4) is 0 Å². The Labute approximate surface area is 174 Å². The minimum Gasteiger partial charge on any atom is -0.487 e. The number of aliphatic hydroxyl groups excluding tert-OH is 1. The van der Waals surface area contributed by atoms with Gasteiger partial charge in [0.05, 0.1) is 31.9 Å². The van der Waals surface area contributed by atoms with E-state index in [0.29, 0.717) is 25.2 Å². The summed E-state index contributed by atoms with van der Waals surface area (Å²) in [6.45, 7) is 0.673. The van der Waals surface area contributed by atoms with E-state index in [1.807, 2.05) is 24.3 Å². The molecule has 30 heavy (non-hydrogen) atoms. The van der Waals surface area contributed by atoms with Crippen molar-refractivity contribution in [2.24, 2.45) is 0 Å². The molecule has 0 bridgehead atoms. The van der Waals surface area contributed by atoms with Crippen molar-refractivity contribution in [3.8, 4) is 16.9 Å². The van der Waals surface area contributed by atoms with Crippen LogP contribution in [-0.4, -0.2) is 49.5 Å². The summed E-state index contributed by atoms with van der Waals surface area (Å²) in [5, 5.41) is 12.2. The van der Waals surface area contributed by atoms with Crippen molar-refractivity contribution in [1.82, 2.24) is 5.32 Å². The van der Waals surface area contributed by atoms with Crippen molar-refractivity contribution in [3.63, 3.8) is 0 Å². The lowest BCUT2D eigenvalue weighted by atomic mass is 9.81. The number of hydrogen-bond acceptors (Lipinski definition) is 6. The van der Waals surface area contributed by atoms with Gasteiger partial charge in [-0.1, -0.05) is 18.2 Å². The third-order valence-electron chi connectivity index (χ3n) is 5.79. The average molecular weight is 411 g/mol. The van der Waals surface area contributed by atoms with E-state index < -0.39 is 18.5 Å². The molecule has 7 heteroatoms. The van der Waals surface area contributed by atoms with Crippen LogP contribution in [0, 0.1) is 0 Å². The molecule has 1 atom stereocenters. The van der Waals surface area contributed by atoms with Gasteiger partial charge in [0.15, 0.2) is 0 Å². The fraction of sp³-hybridized carbons (Fsp3) is 0.391. The highest BCUT2D eigenvalue weighted by atomic mass is 16.5. The highest BCUT2D eigenvalue weighted by molar-refractivity contribution is 5.91. The summed E-state index contributed by atoms with van der Waals surface area (Å²) in [5.74, 6) is -0.0971. The van der Waals surface area contributed by atoms with Gasteiger partial charge in [0, 0.05) is 24.8 Å². The maximum atomic E-state index is 12.0. The van der Waals surface area contributed by atoms with E-state index in [0.717, 1.165) is 35.3 Å². The largest absolute Gasteiger partial charge is 0.487 e. The summed E-state index contributed by atoms with van der Waals surface area (Å²) >= 11 is 0. The first-order valence-corrected chi connectivity index (χ1v) is 10.0. The molecule has 4 rings (SSSR count). The molecule has 2 aliphatic rings. The van der Waals surface area contributed by atoms with E-state index in [1.165, 1.54) is 7.11 Å². The molecule has 1 amide bonds. The molecule has 2 N–H and O–H groups in total. The third-order valence-corrected chi connectivity index (χ3v) is 5.79. The van der Waals surface area contributed by atoms with E-state index in [-0.39, 0.29) is 11.6 Å². The van der Waals surface area contributed by atoms with Crippen LogP contribution in [0.2, 0.25) is 0 Å². The zero-order valence-electron chi connectivity index (χ0n) is 16.8. The normalized spacial score (nSPS) is 19.5. The SMILES string of the molecule is COC(=O)c1cccc(-c2ccc3c(c2)C(NC(=O)CO)CC2(CCOCC2)O3)c1.